The standard InChI is InChI=1S/C12H12N2O/c1-2-3-12(15)14-11-6-4-10(5-7-11)8-9-13/h2-7H,8H2,1H3,(H,14,15)/b3-2+. The molecule has 3 nitrogen and oxygen atoms in total. The van der Waals surface area contributed by atoms with Crippen molar-refractivity contribution in [3.05, 3.63) is 42.0 Å². The fourth-order valence-electron chi connectivity index (χ4n) is 1.13. The topological polar surface area (TPSA) is 52.9 Å². The number of carbonyl (C=O) groups is 1. The van der Waals surface area contributed by atoms with Gasteiger partial charge in [-0.05, 0) is 30.7 Å². The van der Waals surface area contributed by atoms with Crippen LogP contribution in [0.3, 0.4) is 0 Å². The van der Waals surface area contributed by atoms with Gasteiger partial charge in [0.15, 0.2) is 0 Å². The Balaban J connectivity index is 2.65. The lowest BCUT2D eigenvalue weighted by atomic mass is 10.1. The van der Waals surface area contributed by atoms with E-state index in [0.29, 0.717) is 6.42 Å². The third-order valence-electron chi connectivity index (χ3n) is 1.82. The molecule has 0 unspecified atom stereocenters. The second-order valence-corrected chi connectivity index (χ2v) is 3.02. The zero-order valence-corrected chi connectivity index (χ0v) is 8.53. The molecule has 0 aliphatic carbocycles. The van der Waals surface area contributed by atoms with Crippen molar-refractivity contribution < 1.29 is 4.79 Å². The summed E-state index contributed by atoms with van der Waals surface area (Å²) in [5, 5.41) is 11.2. The largest absolute Gasteiger partial charge is 0.323 e. The summed E-state index contributed by atoms with van der Waals surface area (Å²) in [5.41, 5.74) is 1.68. The van der Waals surface area contributed by atoms with E-state index in [4.69, 9.17) is 5.26 Å². The van der Waals surface area contributed by atoms with E-state index >= 15 is 0 Å². The van der Waals surface area contributed by atoms with Gasteiger partial charge < -0.3 is 5.32 Å². The minimum absolute atomic E-state index is 0.148. The first-order chi connectivity index (χ1) is 7.26. The summed E-state index contributed by atoms with van der Waals surface area (Å²) in [6.07, 6.45) is 3.53. The van der Waals surface area contributed by atoms with Crippen LogP contribution in [0.25, 0.3) is 0 Å². The fourth-order valence-corrected chi connectivity index (χ4v) is 1.13. The van der Waals surface area contributed by atoms with Crippen LogP contribution in [-0.2, 0) is 11.2 Å². The lowest BCUT2D eigenvalue weighted by molar-refractivity contribution is -0.111. The van der Waals surface area contributed by atoms with E-state index in [1.165, 1.54) is 6.08 Å². The smallest absolute Gasteiger partial charge is 0.248 e. The molecular formula is C12H12N2O. The number of allylic oxidation sites excluding steroid dienone is 1. The summed E-state index contributed by atoms with van der Waals surface area (Å²) in [4.78, 5) is 11.2. The highest BCUT2D eigenvalue weighted by Crippen LogP contribution is 2.09. The van der Waals surface area contributed by atoms with Crippen LogP contribution in [0.2, 0.25) is 0 Å². The van der Waals surface area contributed by atoms with E-state index < -0.39 is 0 Å². The van der Waals surface area contributed by atoms with Crippen molar-refractivity contribution in [1.82, 2.24) is 0 Å². The molecule has 0 heterocycles. The Labute approximate surface area is 89.0 Å². The quantitative estimate of drug-likeness (QED) is 0.761. The summed E-state index contributed by atoms with van der Waals surface area (Å²) >= 11 is 0. The lowest BCUT2D eigenvalue weighted by Crippen LogP contribution is -2.07. The molecular weight excluding hydrogens is 188 g/mol. The highest BCUT2D eigenvalue weighted by atomic mass is 16.1. The van der Waals surface area contributed by atoms with Crippen LogP contribution < -0.4 is 5.32 Å². The van der Waals surface area contributed by atoms with Crippen molar-refractivity contribution in [2.24, 2.45) is 0 Å². The minimum atomic E-state index is -0.148. The summed E-state index contributed by atoms with van der Waals surface area (Å²) in [5.74, 6) is -0.148. The predicted octanol–water partition coefficient (Wildman–Crippen LogP) is 2.27. The molecule has 0 aromatic heterocycles. The number of anilines is 1. The Hall–Kier alpha value is -2.08. The third-order valence-corrected chi connectivity index (χ3v) is 1.82. The van der Waals surface area contributed by atoms with Crippen LogP contribution in [0.4, 0.5) is 5.69 Å². The molecule has 1 rings (SSSR count). The number of rotatable bonds is 3. The number of nitrogens with one attached hydrogen (secondary N) is 1. The number of hydrogen-bond donors (Lipinski definition) is 1. The zero-order valence-electron chi connectivity index (χ0n) is 8.53. The van der Waals surface area contributed by atoms with Crippen LogP contribution in [-0.4, -0.2) is 5.91 Å². The molecule has 0 fully saturated rings. The monoisotopic (exact) mass is 200 g/mol. The molecule has 76 valence electrons. The Bertz CT molecular complexity index is 399. The normalized spacial score (nSPS) is 9.87. The molecule has 0 aliphatic rings. The molecule has 0 bridgehead atoms. The van der Waals surface area contributed by atoms with E-state index in [0.717, 1.165) is 11.3 Å². The molecule has 15 heavy (non-hydrogen) atoms. The first-order valence-corrected chi connectivity index (χ1v) is 4.66. The maximum absolute atomic E-state index is 11.2. The van der Waals surface area contributed by atoms with Crippen molar-refractivity contribution in [3.8, 4) is 6.07 Å². The van der Waals surface area contributed by atoms with E-state index in [1.807, 2.05) is 12.1 Å². The van der Waals surface area contributed by atoms with Crippen LogP contribution in [0.1, 0.15) is 12.5 Å². The van der Waals surface area contributed by atoms with Gasteiger partial charge in [-0.25, -0.2) is 0 Å². The number of benzene rings is 1. The molecule has 0 atom stereocenters. The van der Waals surface area contributed by atoms with Gasteiger partial charge in [-0.2, -0.15) is 5.26 Å². The highest BCUT2D eigenvalue weighted by Gasteiger charge is 1.97. The van der Waals surface area contributed by atoms with Gasteiger partial charge in [0, 0.05) is 5.69 Å². The number of hydrogen-bond acceptors (Lipinski definition) is 2. The second-order valence-electron chi connectivity index (χ2n) is 3.02. The van der Waals surface area contributed by atoms with Gasteiger partial charge in [0.05, 0.1) is 12.5 Å². The summed E-state index contributed by atoms with van der Waals surface area (Å²) in [7, 11) is 0. The molecule has 0 radical (unpaired) electrons. The van der Waals surface area contributed by atoms with Gasteiger partial charge in [-0.3, -0.25) is 4.79 Å². The van der Waals surface area contributed by atoms with Gasteiger partial charge in [-0.15, -0.1) is 0 Å². The molecule has 1 aromatic rings. The Kier molecular flexibility index (Phi) is 4.11. The molecule has 0 saturated heterocycles. The van der Waals surface area contributed by atoms with E-state index in [2.05, 4.69) is 11.4 Å². The Morgan fingerprint density at radius 3 is 2.67 bits per heavy atom. The molecule has 1 aromatic carbocycles. The van der Waals surface area contributed by atoms with Crippen LogP contribution in [0, 0.1) is 11.3 Å². The van der Waals surface area contributed by atoms with Gasteiger partial charge in [0.25, 0.3) is 0 Å². The number of amides is 1. The average molecular weight is 200 g/mol. The SMILES string of the molecule is C/C=C/C(=O)Nc1ccc(CC#N)cc1. The average Bonchev–Trinajstić information content (AvgIpc) is 2.22. The second kappa shape index (κ2) is 5.61. The molecule has 0 aliphatic heterocycles. The number of nitriles is 1. The van der Waals surface area contributed by atoms with Crippen LogP contribution in [0.15, 0.2) is 36.4 Å². The molecule has 1 amide bonds. The Morgan fingerprint density at radius 2 is 2.13 bits per heavy atom. The summed E-state index contributed by atoms with van der Waals surface area (Å²) in [6.45, 7) is 1.79. The number of carbonyl (C=O) groups excluding carboxylic acids is 1. The van der Waals surface area contributed by atoms with Gasteiger partial charge >= 0.3 is 0 Å². The molecule has 0 saturated carbocycles. The summed E-state index contributed by atoms with van der Waals surface area (Å²) < 4.78 is 0. The van der Waals surface area contributed by atoms with Gasteiger partial charge in [0.2, 0.25) is 5.91 Å². The first kappa shape index (κ1) is 11.0. The zero-order chi connectivity index (χ0) is 11.1. The lowest BCUT2D eigenvalue weighted by Gasteiger charge is -2.02. The van der Waals surface area contributed by atoms with Crippen molar-refractivity contribution in [3.63, 3.8) is 0 Å². The van der Waals surface area contributed by atoms with E-state index in [9.17, 15) is 4.79 Å². The maximum Gasteiger partial charge on any atom is 0.248 e. The minimum Gasteiger partial charge on any atom is -0.323 e. The molecule has 3 heteroatoms. The van der Waals surface area contributed by atoms with E-state index in [1.54, 1.807) is 25.1 Å². The van der Waals surface area contributed by atoms with Crippen LogP contribution in [0.5, 0.6) is 0 Å². The molecule has 0 spiro atoms. The van der Waals surface area contributed by atoms with Crippen molar-refractivity contribution in [2.45, 2.75) is 13.3 Å². The fraction of sp³-hybridized carbons (Fsp3) is 0.167. The third kappa shape index (κ3) is 3.65. The number of nitrogens with zero attached hydrogens (tertiary/aromatic N) is 1. The Morgan fingerprint density at radius 1 is 1.47 bits per heavy atom. The molecule has 1 N–H and O–H groups in total. The van der Waals surface area contributed by atoms with Gasteiger partial charge in [0.1, 0.15) is 0 Å². The predicted molar refractivity (Wildman–Crippen MR) is 59.2 cm³/mol. The van der Waals surface area contributed by atoms with Gasteiger partial charge in [-0.1, -0.05) is 18.2 Å². The van der Waals surface area contributed by atoms with Crippen molar-refractivity contribution >= 4 is 11.6 Å². The first-order valence-electron chi connectivity index (χ1n) is 4.66. The summed E-state index contributed by atoms with van der Waals surface area (Å²) in [6, 6.07) is 9.29. The van der Waals surface area contributed by atoms with Crippen molar-refractivity contribution in [2.75, 3.05) is 5.32 Å². The van der Waals surface area contributed by atoms with Crippen molar-refractivity contribution in [1.29, 1.82) is 5.26 Å². The van der Waals surface area contributed by atoms with Crippen LogP contribution >= 0.6 is 0 Å². The maximum atomic E-state index is 11.2. The highest BCUT2D eigenvalue weighted by molar-refractivity contribution is 5.99. The van der Waals surface area contributed by atoms with E-state index in [-0.39, 0.29) is 5.91 Å².